The Morgan fingerprint density at radius 1 is 0.933 bits per heavy atom. The van der Waals surface area contributed by atoms with Crippen molar-refractivity contribution in [3.63, 3.8) is 0 Å². The Hall–Kier alpha value is -2.68. The van der Waals surface area contributed by atoms with E-state index >= 15 is 0 Å². The molecular formula is C22H23N3O3S2. The highest BCUT2D eigenvalue weighted by molar-refractivity contribution is 7.89. The number of sulfonamides is 1. The van der Waals surface area contributed by atoms with Gasteiger partial charge < -0.3 is 10.2 Å². The summed E-state index contributed by atoms with van der Waals surface area (Å²) in [6, 6.07) is 20.1. The van der Waals surface area contributed by atoms with E-state index in [-0.39, 0.29) is 10.8 Å². The molecule has 156 valence electrons. The van der Waals surface area contributed by atoms with Gasteiger partial charge in [0, 0.05) is 42.3 Å². The number of carbonyl (C=O) groups excluding carboxylic acids is 1. The van der Waals surface area contributed by atoms with Crippen molar-refractivity contribution in [2.75, 3.05) is 31.1 Å². The Labute approximate surface area is 180 Å². The standard InChI is InChI=1S/C22H23N3O3S2/c26-22(23-17-20-9-5-15-29-20)18-6-4-10-21(16-18)30(27,28)25-13-11-24(12-14-25)19-7-2-1-3-8-19/h1-10,15-16H,11-14,17H2,(H,23,26). The number of nitrogens with one attached hydrogen (secondary N) is 1. The molecule has 1 aliphatic heterocycles. The SMILES string of the molecule is O=C(NCc1cccs1)c1cccc(S(=O)(=O)N2CCN(c3ccccc3)CC2)c1. The Morgan fingerprint density at radius 2 is 1.70 bits per heavy atom. The van der Waals surface area contributed by atoms with Crippen molar-refractivity contribution in [1.82, 2.24) is 9.62 Å². The molecule has 8 heteroatoms. The van der Waals surface area contributed by atoms with Crippen LogP contribution < -0.4 is 10.2 Å². The monoisotopic (exact) mass is 441 g/mol. The van der Waals surface area contributed by atoms with Crippen molar-refractivity contribution < 1.29 is 13.2 Å². The van der Waals surface area contributed by atoms with Gasteiger partial charge in [-0.3, -0.25) is 4.79 Å². The van der Waals surface area contributed by atoms with E-state index < -0.39 is 10.0 Å². The summed E-state index contributed by atoms with van der Waals surface area (Å²) >= 11 is 1.56. The number of para-hydroxylation sites is 1. The Bertz CT molecular complexity index is 1090. The van der Waals surface area contributed by atoms with Crippen LogP contribution in [0.2, 0.25) is 0 Å². The third-order valence-electron chi connectivity index (χ3n) is 5.10. The molecule has 2 aromatic carbocycles. The minimum atomic E-state index is -3.65. The first-order valence-electron chi connectivity index (χ1n) is 9.75. The average Bonchev–Trinajstić information content (AvgIpc) is 3.32. The summed E-state index contributed by atoms with van der Waals surface area (Å²) in [5, 5.41) is 4.79. The highest BCUT2D eigenvalue weighted by Crippen LogP contribution is 2.22. The lowest BCUT2D eigenvalue weighted by atomic mass is 10.2. The molecule has 1 amide bonds. The maximum Gasteiger partial charge on any atom is 0.251 e. The van der Waals surface area contributed by atoms with Crippen LogP contribution >= 0.6 is 11.3 Å². The van der Waals surface area contributed by atoms with E-state index in [1.165, 1.54) is 10.4 Å². The normalized spacial score (nSPS) is 15.1. The lowest BCUT2D eigenvalue weighted by Crippen LogP contribution is -2.48. The fourth-order valence-corrected chi connectivity index (χ4v) is 5.57. The molecule has 0 saturated carbocycles. The zero-order valence-corrected chi connectivity index (χ0v) is 18.0. The largest absolute Gasteiger partial charge is 0.369 e. The molecule has 0 spiro atoms. The molecule has 1 aromatic heterocycles. The third-order valence-corrected chi connectivity index (χ3v) is 7.87. The van der Waals surface area contributed by atoms with Crippen LogP contribution in [0, 0.1) is 0 Å². The van der Waals surface area contributed by atoms with Gasteiger partial charge in [-0.05, 0) is 41.8 Å². The fourth-order valence-electron chi connectivity index (χ4n) is 3.45. The lowest BCUT2D eigenvalue weighted by molar-refractivity contribution is 0.0951. The number of benzene rings is 2. The van der Waals surface area contributed by atoms with Crippen LogP contribution in [0.15, 0.2) is 77.0 Å². The van der Waals surface area contributed by atoms with Gasteiger partial charge in [-0.15, -0.1) is 11.3 Å². The first-order chi connectivity index (χ1) is 14.5. The van der Waals surface area contributed by atoms with E-state index in [2.05, 4.69) is 10.2 Å². The highest BCUT2D eigenvalue weighted by atomic mass is 32.2. The highest BCUT2D eigenvalue weighted by Gasteiger charge is 2.29. The summed E-state index contributed by atoms with van der Waals surface area (Å²) in [4.78, 5) is 15.9. The van der Waals surface area contributed by atoms with Gasteiger partial charge in [0.15, 0.2) is 0 Å². The summed E-state index contributed by atoms with van der Waals surface area (Å²) in [6.07, 6.45) is 0. The number of anilines is 1. The molecule has 6 nitrogen and oxygen atoms in total. The molecule has 2 heterocycles. The molecule has 4 rings (SSSR count). The Kier molecular flexibility index (Phi) is 6.17. The number of hydrogen-bond donors (Lipinski definition) is 1. The van der Waals surface area contributed by atoms with Crippen LogP contribution in [0.1, 0.15) is 15.2 Å². The van der Waals surface area contributed by atoms with Crippen molar-refractivity contribution >= 4 is 33.0 Å². The van der Waals surface area contributed by atoms with Crippen LogP contribution in [-0.2, 0) is 16.6 Å². The second-order valence-corrected chi connectivity index (χ2v) is 9.99. The van der Waals surface area contributed by atoms with E-state index in [1.807, 2.05) is 47.8 Å². The molecule has 30 heavy (non-hydrogen) atoms. The molecule has 0 unspecified atom stereocenters. The van der Waals surface area contributed by atoms with E-state index in [0.29, 0.717) is 38.3 Å². The Morgan fingerprint density at radius 3 is 2.40 bits per heavy atom. The molecule has 0 atom stereocenters. The topological polar surface area (TPSA) is 69.7 Å². The summed E-state index contributed by atoms with van der Waals surface area (Å²) < 4.78 is 27.7. The summed E-state index contributed by atoms with van der Waals surface area (Å²) in [6.45, 7) is 2.50. The van der Waals surface area contributed by atoms with E-state index in [1.54, 1.807) is 29.5 Å². The molecule has 1 aliphatic rings. The second-order valence-electron chi connectivity index (χ2n) is 7.02. The van der Waals surface area contributed by atoms with E-state index in [0.717, 1.165) is 10.6 Å². The third kappa shape index (κ3) is 4.56. The molecule has 1 fully saturated rings. The van der Waals surface area contributed by atoms with Crippen LogP contribution in [-0.4, -0.2) is 44.8 Å². The molecule has 0 aliphatic carbocycles. The number of thiophene rings is 1. The Balaban J connectivity index is 1.43. The summed E-state index contributed by atoms with van der Waals surface area (Å²) in [5.74, 6) is -0.283. The lowest BCUT2D eigenvalue weighted by Gasteiger charge is -2.35. The van der Waals surface area contributed by atoms with Crippen molar-refractivity contribution in [1.29, 1.82) is 0 Å². The van der Waals surface area contributed by atoms with Crippen LogP contribution in [0.4, 0.5) is 5.69 Å². The molecular weight excluding hydrogens is 418 g/mol. The van der Waals surface area contributed by atoms with Gasteiger partial charge in [0.1, 0.15) is 0 Å². The first kappa shape index (κ1) is 20.6. The maximum absolute atomic E-state index is 13.1. The minimum Gasteiger partial charge on any atom is -0.369 e. The van der Waals surface area contributed by atoms with Crippen molar-refractivity contribution in [2.45, 2.75) is 11.4 Å². The van der Waals surface area contributed by atoms with Crippen LogP contribution in [0.5, 0.6) is 0 Å². The van der Waals surface area contributed by atoms with Crippen molar-refractivity contribution in [3.8, 4) is 0 Å². The van der Waals surface area contributed by atoms with Gasteiger partial charge in [0.2, 0.25) is 10.0 Å². The summed E-state index contributed by atoms with van der Waals surface area (Å²) in [5.41, 5.74) is 1.44. The summed E-state index contributed by atoms with van der Waals surface area (Å²) in [7, 11) is -3.65. The molecule has 0 radical (unpaired) electrons. The molecule has 0 bridgehead atoms. The predicted molar refractivity (Wildman–Crippen MR) is 119 cm³/mol. The van der Waals surface area contributed by atoms with Gasteiger partial charge in [-0.25, -0.2) is 8.42 Å². The number of amides is 1. The second kappa shape index (κ2) is 8.99. The van der Waals surface area contributed by atoms with Gasteiger partial charge in [-0.2, -0.15) is 4.31 Å². The molecule has 3 aromatic rings. The van der Waals surface area contributed by atoms with Gasteiger partial charge in [0.05, 0.1) is 11.4 Å². The van der Waals surface area contributed by atoms with Gasteiger partial charge in [0.25, 0.3) is 5.91 Å². The van der Waals surface area contributed by atoms with Crippen molar-refractivity contribution in [3.05, 3.63) is 82.6 Å². The quantitative estimate of drug-likeness (QED) is 0.638. The molecule has 1 saturated heterocycles. The van der Waals surface area contributed by atoms with Gasteiger partial charge >= 0.3 is 0 Å². The number of nitrogens with zero attached hydrogens (tertiary/aromatic N) is 2. The number of piperazine rings is 1. The number of carbonyl (C=O) groups is 1. The molecule has 1 N–H and O–H groups in total. The van der Waals surface area contributed by atoms with Crippen LogP contribution in [0.25, 0.3) is 0 Å². The van der Waals surface area contributed by atoms with Crippen LogP contribution in [0.3, 0.4) is 0 Å². The number of rotatable bonds is 6. The average molecular weight is 442 g/mol. The zero-order valence-electron chi connectivity index (χ0n) is 16.4. The first-order valence-corrected chi connectivity index (χ1v) is 12.1. The minimum absolute atomic E-state index is 0.152. The smallest absolute Gasteiger partial charge is 0.251 e. The maximum atomic E-state index is 13.1. The van der Waals surface area contributed by atoms with E-state index in [9.17, 15) is 13.2 Å². The predicted octanol–water partition coefficient (Wildman–Crippen LogP) is 3.19. The number of hydrogen-bond acceptors (Lipinski definition) is 5. The van der Waals surface area contributed by atoms with Crippen molar-refractivity contribution in [2.24, 2.45) is 0 Å². The van der Waals surface area contributed by atoms with E-state index in [4.69, 9.17) is 0 Å². The fraction of sp³-hybridized carbons (Fsp3) is 0.227. The zero-order chi connectivity index (χ0) is 21.0. The van der Waals surface area contributed by atoms with Gasteiger partial charge in [-0.1, -0.05) is 30.3 Å².